The van der Waals surface area contributed by atoms with Crippen molar-refractivity contribution < 1.29 is 9.47 Å². The van der Waals surface area contributed by atoms with Crippen molar-refractivity contribution in [1.82, 2.24) is 9.97 Å². The van der Waals surface area contributed by atoms with Gasteiger partial charge in [0.1, 0.15) is 24.3 Å². The van der Waals surface area contributed by atoms with Crippen molar-refractivity contribution in [3.63, 3.8) is 0 Å². The Morgan fingerprint density at radius 1 is 1.27 bits per heavy atom. The van der Waals surface area contributed by atoms with Crippen molar-refractivity contribution in [1.29, 1.82) is 5.26 Å². The standard InChI is InChI=1S/C16H16N4O2/c17-9-11-1-2-13(18)15(14-3-6-19-10-20-14)16(11)22-12-4-7-21-8-5-12/h1-3,6,10,12H,4-5,7-8,18H2. The predicted molar refractivity (Wildman–Crippen MR) is 81.1 cm³/mol. The average molecular weight is 296 g/mol. The van der Waals surface area contributed by atoms with Gasteiger partial charge in [-0.15, -0.1) is 0 Å². The second kappa shape index (κ2) is 6.41. The third-order valence-electron chi connectivity index (χ3n) is 3.60. The Bertz CT molecular complexity index is 691. The average Bonchev–Trinajstić information content (AvgIpc) is 2.57. The van der Waals surface area contributed by atoms with Crippen LogP contribution in [-0.2, 0) is 4.74 Å². The molecule has 0 unspecified atom stereocenters. The van der Waals surface area contributed by atoms with Crippen molar-refractivity contribution >= 4 is 5.69 Å². The van der Waals surface area contributed by atoms with Gasteiger partial charge in [-0.2, -0.15) is 5.26 Å². The van der Waals surface area contributed by atoms with E-state index in [1.807, 2.05) is 0 Å². The molecule has 2 N–H and O–H groups in total. The monoisotopic (exact) mass is 296 g/mol. The zero-order valence-corrected chi connectivity index (χ0v) is 12.0. The minimum Gasteiger partial charge on any atom is -0.488 e. The van der Waals surface area contributed by atoms with Crippen molar-refractivity contribution in [3.8, 4) is 23.1 Å². The minimum atomic E-state index is 0.0169. The topological polar surface area (TPSA) is 94.1 Å². The number of hydrogen-bond donors (Lipinski definition) is 1. The highest BCUT2D eigenvalue weighted by molar-refractivity contribution is 5.82. The van der Waals surface area contributed by atoms with Gasteiger partial charge in [-0.3, -0.25) is 0 Å². The smallest absolute Gasteiger partial charge is 0.148 e. The SMILES string of the molecule is N#Cc1ccc(N)c(-c2ccncn2)c1OC1CCOCC1. The van der Waals surface area contributed by atoms with Crippen molar-refractivity contribution in [2.24, 2.45) is 0 Å². The fourth-order valence-corrected chi connectivity index (χ4v) is 2.47. The van der Waals surface area contributed by atoms with E-state index >= 15 is 0 Å². The lowest BCUT2D eigenvalue weighted by molar-refractivity contribution is 0.0257. The van der Waals surface area contributed by atoms with E-state index < -0.39 is 0 Å². The highest BCUT2D eigenvalue weighted by Gasteiger charge is 2.22. The van der Waals surface area contributed by atoms with E-state index in [1.165, 1.54) is 6.33 Å². The van der Waals surface area contributed by atoms with Gasteiger partial charge in [0.05, 0.1) is 30.0 Å². The Morgan fingerprint density at radius 3 is 2.77 bits per heavy atom. The molecule has 1 saturated heterocycles. The maximum atomic E-state index is 9.38. The van der Waals surface area contributed by atoms with Gasteiger partial charge in [0.15, 0.2) is 0 Å². The van der Waals surface area contributed by atoms with E-state index in [-0.39, 0.29) is 6.10 Å². The van der Waals surface area contributed by atoms with Crippen molar-refractivity contribution in [2.45, 2.75) is 18.9 Å². The van der Waals surface area contributed by atoms with Gasteiger partial charge in [0.2, 0.25) is 0 Å². The second-order valence-electron chi connectivity index (χ2n) is 5.04. The normalized spacial score (nSPS) is 15.2. The molecule has 0 spiro atoms. The quantitative estimate of drug-likeness (QED) is 0.872. The van der Waals surface area contributed by atoms with Crippen LogP contribution in [0, 0.1) is 11.3 Å². The molecule has 1 aromatic carbocycles. The minimum absolute atomic E-state index is 0.0169. The number of anilines is 1. The van der Waals surface area contributed by atoms with Crippen LogP contribution in [0.5, 0.6) is 5.75 Å². The molecule has 3 rings (SSSR count). The van der Waals surface area contributed by atoms with Crippen LogP contribution >= 0.6 is 0 Å². The molecule has 0 saturated carbocycles. The van der Waals surface area contributed by atoms with Crippen LogP contribution in [0.4, 0.5) is 5.69 Å². The van der Waals surface area contributed by atoms with Crippen molar-refractivity contribution in [3.05, 3.63) is 36.3 Å². The molecule has 0 amide bonds. The van der Waals surface area contributed by atoms with Gasteiger partial charge in [-0.1, -0.05) is 0 Å². The molecule has 112 valence electrons. The first-order valence-corrected chi connectivity index (χ1v) is 7.13. The number of benzene rings is 1. The van der Waals surface area contributed by atoms with Gasteiger partial charge in [0.25, 0.3) is 0 Å². The number of nitriles is 1. The summed E-state index contributed by atoms with van der Waals surface area (Å²) < 4.78 is 11.4. The van der Waals surface area contributed by atoms with E-state index in [4.69, 9.17) is 15.2 Å². The molecular formula is C16H16N4O2. The Hall–Kier alpha value is -2.65. The Kier molecular flexibility index (Phi) is 4.17. The number of nitrogen functional groups attached to an aromatic ring is 1. The Morgan fingerprint density at radius 2 is 2.09 bits per heavy atom. The number of nitrogens with two attached hydrogens (primary N) is 1. The molecule has 2 aromatic rings. The van der Waals surface area contributed by atoms with Crippen LogP contribution in [0.25, 0.3) is 11.3 Å². The highest BCUT2D eigenvalue weighted by atomic mass is 16.5. The van der Waals surface area contributed by atoms with Crippen LogP contribution < -0.4 is 10.5 Å². The Balaban J connectivity index is 2.05. The number of aromatic nitrogens is 2. The molecule has 2 heterocycles. The maximum Gasteiger partial charge on any atom is 0.148 e. The van der Waals surface area contributed by atoms with E-state index in [2.05, 4.69) is 16.0 Å². The molecule has 1 aromatic heterocycles. The maximum absolute atomic E-state index is 9.38. The molecule has 0 atom stereocenters. The van der Waals surface area contributed by atoms with Gasteiger partial charge in [-0.25, -0.2) is 9.97 Å². The molecule has 6 nitrogen and oxygen atoms in total. The van der Waals surface area contributed by atoms with E-state index in [1.54, 1.807) is 24.4 Å². The fourth-order valence-electron chi connectivity index (χ4n) is 2.47. The molecule has 0 bridgehead atoms. The summed E-state index contributed by atoms with van der Waals surface area (Å²) in [5.41, 5.74) is 8.38. The first kappa shape index (κ1) is 14.3. The molecule has 0 aliphatic carbocycles. The summed E-state index contributed by atoms with van der Waals surface area (Å²) in [7, 11) is 0. The summed E-state index contributed by atoms with van der Waals surface area (Å²) >= 11 is 0. The lowest BCUT2D eigenvalue weighted by Gasteiger charge is -2.25. The molecule has 1 fully saturated rings. The summed E-state index contributed by atoms with van der Waals surface area (Å²) in [5.74, 6) is 0.494. The number of nitrogens with zero attached hydrogens (tertiary/aromatic N) is 3. The van der Waals surface area contributed by atoms with Crippen LogP contribution in [0.2, 0.25) is 0 Å². The van der Waals surface area contributed by atoms with E-state index in [9.17, 15) is 5.26 Å². The summed E-state index contributed by atoms with van der Waals surface area (Å²) in [6.45, 7) is 1.33. The highest BCUT2D eigenvalue weighted by Crippen LogP contribution is 2.38. The lowest BCUT2D eigenvalue weighted by Crippen LogP contribution is -2.26. The largest absolute Gasteiger partial charge is 0.488 e. The molecule has 0 radical (unpaired) electrons. The predicted octanol–water partition coefficient (Wildman–Crippen LogP) is 2.16. The van der Waals surface area contributed by atoms with Gasteiger partial charge >= 0.3 is 0 Å². The summed E-state index contributed by atoms with van der Waals surface area (Å²) in [5, 5.41) is 9.38. The van der Waals surface area contributed by atoms with Gasteiger partial charge < -0.3 is 15.2 Å². The molecule has 1 aliphatic heterocycles. The van der Waals surface area contributed by atoms with Crippen LogP contribution in [0.15, 0.2) is 30.7 Å². The van der Waals surface area contributed by atoms with Gasteiger partial charge in [0, 0.05) is 24.7 Å². The lowest BCUT2D eigenvalue weighted by atomic mass is 10.0. The van der Waals surface area contributed by atoms with E-state index in [0.29, 0.717) is 41.5 Å². The summed E-state index contributed by atoms with van der Waals surface area (Å²) in [6.07, 6.45) is 4.69. The molecule has 22 heavy (non-hydrogen) atoms. The van der Waals surface area contributed by atoms with Crippen LogP contribution in [0.3, 0.4) is 0 Å². The number of hydrogen-bond acceptors (Lipinski definition) is 6. The van der Waals surface area contributed by atoms with Crippen LogP contribution in [0.1, 0.15) is 18.4 Å². The summed E-state index contributed by atoms with van der Waals surface area (Å²) in [4.78, 5) is 8.15. The summed E-state index contributed by atoms with van der Waals surface area (Å²) in [6, 6.07) is 7.30. The number of ether oxygens (including phenoxy) is 2. The van der Waals surface area contributed by atoms with E-state index in [0.717, 1.165) is 12.8 Å². The molecular weight excluding hydrogens is 280 g/mol. The number of rotatable bonds is 3. The van der Waals surface area contributed by atoms with Crippen molar-refractivity contribution in [2.75, 3.05) is 18.9 Å². The fraction of sp³-hybridized carbons (Fsp3) is 0.312. The third kappa shape index (κ3) is 2.85. The molecule has 1 aliphatic rings. The first-order chi connectivity index (χ1) is 10.8. The zero-order valence-electron chi connectivity index (χ0n) is 12.0. The zero-order chi connectivity index (χ0) is 15.4. The van der Waals surface area contributed by atoms with Gasteiger partial charge in [-0.05, 0) is 18.2 Å². The van der Waals surface area contributed by atoms with Crippen LogP contribution in [-0.4, -0.2) is 29.3 Å². The molecule has 6 heteroatoms. The third-order valence-corrected chi connectivity index (χ3v) is 3.60. The Labute approximate surface area is 128 Å². The first-order valence-electron chi connectivity index (χ1n) is 7.13. The second-order valence-corrected chi connectivity index (χ2v) is 5.04.